The Kier molecular flexibility index (Phi) is 5.63. The summed E-state index contributed by atoms with van der Waals surface area (Å²) in [4.78, 5) is 16.0. The van der Waals surface area contributed by atoms with Crippen molar-refractivity contribution in [2.45, 2.75) is 6.42 Å². The van der Waals surface area contributed by atoms with Crippen molar-refractivity contribution in [2.24, 2.45) is 16.8 Å². The van der Waals surface area contributed by atoms with Crippen LogP contribution in [-0.2, 0) is 9.53 Å². The number of nitrogens with two attached hydrogens (primary N) is 1. The molecule has 1 atom stereocenters. The minimum absolute atomic E-state index is 0.106. The molecular weight excluding hydrogens is 210 g/mol. The fourth-order valence-corrected chi connectivity index (χ4v) is 1.70. The molecule has 1 amide bonds. The van der Waals surface area contributed by atoms with Crippen molar-refractivity contribution in [2.75, 3.05) is 39.4 Å². The molecule has 90 valence electrons. The lowest BCUT2D eigenvalue weighted by Crippen LogP contribution is -2.29. The molecule has 7 heteroatoms. The van der Waals surface area contributed by atoms with Gasteiger partial charge in [0.1, 0.15) is 0 Å². The molecule has 1 unspecified atom stereocenters. The number of likely N-dealkylation sites (tertiary alicyclic amines) is 1. The molecule has 0 radical (unpaired) electrons. The molecule has 1 aliphatic heterocycles. The van der Waals surface area contributed by atoms with E-state index in [9.17, 15) is 4.79 Å². The molecule has 16 heavy (non-hydrogen) atoms. The van der Waals surface area contributed by atoms with Crippen LogP contribution in [0.1, 0.15) is 6.42 Å². The monoisotopic (exact) mass is 227 g/mol. The number of hydrogen-bond donors (Lipinski definition) is 1. The number of amides is 1. The van der Waals surface area contributed by atoms with Crippen molar-refractivity contribution in [1.82, 2.24) is 4.90 Å². The highest BCUT2D eigenvalue weighted by molar-refractivity contribution is 5.78. The second-order valence-corrected chi connectivity index (χ2v) is 3.72. The Morgan fingerprint density at radius 2 is 2.44 bits per heavy atom. The number of nitrogens with zero attached hydrogens (tertiary/aromatic N) is 4. The molecule has 0 bridgehead atoms. The van der Waals surface area contributed by atoms with E-state index in [1.807, 2.05) is 0 Å². The normalized spacial score (nSPS) is 19.9. The van der Waals surface area contributed by atoms with Crippen molar-refractivity contribution in [3.8, 4) is 0 Å². The Bertz CT molecular complexity index is 277. The summed E-state index contributed by atoms with van der Waals surface area (Å²) in [5, 5.41) is 3.49. The second kappa shape index (κ2) is 7.05. The summed E-state index contributed by atoms with van der Waals surface area (Å²) in [5.74, 6) is 0.257. The molecule has 1 aliphatic rings. The summed E-state index contributed by atoms with van der Waals surface area (Å²) in [6.45, 7) is 3.16. The number of carbonyl (C=O) groups excluding carboxylic acids is 1. The van der Waals surface area contributed by atoms with Crippen molar-refractivity contribution >= 4 is 5.91 Å². The van der Waals surface area contributed by atoms with Gasteiger partial charge in [0.2, 0.25) is 5.91 Å². The van der Waals surface area contributed by atoms with Crippen LogP contribution >= 0.6 is 0 Å². The summed E-state index contributed by atoms with van der Waals surface area (Å²) in [7, 11) is 0. The SMILES string of the molecule is [N-]=[N+]=NCC1CC(=O)N(CCOCCN)C1. The third-order valence-corrected chi connectivity index (χ3v) is 2.47. The first-order valence-electron chi connectivity index (χ1n) is 5.34. The molecule has 0 aromatic heterocycles. The van der Waals surface area contributed by atoms with Crippen LogP contribution in [0.25, 0.3) is 10.4 Å². The van der Waals surface area contributed by atoms with Crippen LogP contribution in [0, 0.1) is 5.92 Å². The van der Waals surface area contributed by atoms with Gasteiger partial charge in [-0.3, -0.25) is 4.79 Å². The lowest BCUT2D eigenvalue weighted by atomic mass is 10.1. The topological polar surface area (TPSA) is 104 Å². The van der Waals surface area contributed by atoms with Gasteiger partial charge in [0.05, 0.1) is 13.2 Å². The van der Waals surface area contributed by atoms with E-state index < -0.39 is 0 Å². The fraction of sp³-hybridized carbons (Fsp3) is 0.889. The predicted octanol–water partition coefficient (Wildman–Crippen LogP) is 0.121. The Balaban J connectivity index is 2.22. The maximum atomic E-state index is 11.5. The van der Waals surface area contributed by atoms with Gasteiger partial charge in [-0.2, -0.15) is 0 Å². The second-order valence-electron chi connectivity index (χ2n) is 3.72. The number of rotatable bonds is 7. The Morgan fingerprint density at radius 3 is 3.12 bits per heavy atom. The van der Waals surface area contributed by atoms with Gasteiger partial charge >= 0.3 is 0 Å². The molecule has 2 N–H and O–H groups in total. The van der Waals surface area contributed by atoms with Crippen LogP contribution < -0.4 is 5.73 Å². The summed E-state index contributed by atoms with van der Waals surface area (Å²) in [6.07, 6.45) is 0.468. The summed E-state index contributed by atoms with van der Waals surface area (Å²) in [5.41, 5.74) is 13.5. The van der Waals surface area contributed by atoms with Crippen LogP contribution in [0.2, 0.25) is 0 Å². The highest BCUT2D eigenvalue weighted by Gasteiger charge is 2.28. The van der Waals surface area contributed by atoms with Gasteiger partial charge in [-0.15, -0.1) is 0 Å². The minimum atomic E-state index is 0.106. The molecule has 0 aromatic carbocycles. The van der Waals surface area contributed by atoms with Gasteiger partial charge in [0, 0.05) is 37.5 Å². The zero-order chi connectivity index (χ0) is 11.8. The van der Waals surface area contributed by atoms with E-state index in [1.165, 1.54) is 0 Å². The molecular formula is C9H17N5O2. The Morgan fingerprint density at radius 1 is 1.62 bits per heavy atom. The van der Waals surface area contributed by atoms with Crippen LogP contribution in [0.15, 0.2) is 5.11 Å². The van der Waals surface area contributed by atoms with Crippen LogP contribution in [-0.4, -0.2) is 50.2 Å². The lowest BCUT2D eigenvalue weighted by Gasteiger charge is -2.15. The first-order valence-corrected chi connectivity index (χ1v) is 5.34. The molecule has 1 fully saturated rings. The average molecular weight is 227 g/mol. The van der Waals surface area contributed by atoms with Crippen molar-refractivity contribution < 1.29 is 9.53 Å². The minimum Gasteiger partial charge on any atom is -0.378 e. The Labute approximate surface area is 94.2 Å². The van der Waals surface area contributed by atoms with Crippen LogP contribution in [0.4, 0.5) is 0 Å². The van der Waals surface area contributed by atoms with Gasteiger partial charge in [-0.05, 0) is 11.4 Å². The molecule has 1 rings (SSSR count). The third-order valence-electron chi connectivity index (χ3n) is 2.47. The van der Waals surface area contributed by atoms with E-state index in [2.05, 4.69) is 10.0 Å². The van der Waals surface area contributed by atoms with E-state index in [4.69, 9.17) is 16.0 Å². The maximum Gasteiger partial charge on any atom is 0.223 e. The van der Waals surface area contributed by atoms with Crippen LogP contribution in [0.3, 0.4) is 0 Å². The van der Waals surface area contributed by atoms with Crippen molar-refractivity contribution in [3.63, 3.8) is 0 Å². The van der Waals surface area contributed by atoms with Gasteiger partial charge in [-0.25, -0.2) is 0 Å². The van der Waals surface area contributed by atoms with Crippen LogP contribution in [0.5, 0.6) is 0 Å². The summed E-state index contributed by atoms with van der Waals surface area (Å²) >= 11 is 0. The molecule has 7 nitrogen and oxygen atoms in total. The number of ether oxygens (including phenoxy) is 1. The molecule has 1 heterocycles. The highest BCUT2D eigenvalue weighted by atomic mass is 16.5. The van der Waals surface area contributed by atoms with E-state index in [1.54, 1.807) is 4.90 Å². The zero-order valence-corrected chi connectivity index (χ0v) is 9.21. The van der Waals surface area contributed by atoms with E-state index in [0.717, 1.165) is 0 Å². The fourth-order valence-electron chi connectivity index (χ4n) is 1.70. The first kappa shape index (κ1) is 12.8. The summed E-state index contributed by atoms with van der Waals surface area (Å²) < 4.78 is 5.21. The highest BCUT2D eigenvalue weighted by Crippen LogP contribution is 2.17. The summed E-state index contributed by atoms with van der Waals surface area (Å²) in [6, 6.07) is 0. The average Bonchev–Trinajstić information content (AvgIpc) is 2.63. The maximum absolute atomic E-state index is 11.5. The predicted molar refractivity (Wildman–Crippen MR) is 58.6 cm³/mol. The molecule has 0 aliphatic carbocycles. The smallest absolute Gasteiger partial charge is 0.223 e. The largest absolute Gasteiger partial charge is 0.378 e. The van der Waals surface area contributed by atoms with E-state index in [-0.39, 0.29) is 11.8 Å². The standard InChI is InChI=1S/C9H17N5O2/c10-1-3-16-4-2-14-7-8(5-9(14)15)6-12-13-11/h8H,1-7,10H2. The van der Waals surface area contributed by atoms with Crippen molar-refractivity contribution in [1.29, 1.82) is 0 Å². The number of azide groups is 1. The molecule has 0 aromatic rings. The van der Waals surface area contributed by atoms with Crippen molar-refractivity contribution in [3.05, 3.63) is 10.4 Å². The molecule has 0 spiro atoms. The number of carbonyl (C=O) groups is 1. The quantitative estimate of drug-likeness (QED) is 0.289. The Hall–Kier alpha value is -1.30. The third kappa shape index (κ3) is 4.06. The molecule has 1 saturated heterocycles. The number of hydrogen-bond acceptors (Lipinski definition) is 4. The van der Waals surface area contributed by atoms with E-state index in [0.29, 0.717) is 45.8 Å². The first-order chi connectivity index (χ1) is 7.77. The van der Waals surface area contributed by atoms with Gasteiger partial charge in [-0.1, -0.05) is 5.11 Å². The van der Waals surface area contributed by atoms with Gasteiger partial charge in [0.15, 0.2) is 0 Å². The van der Waals surface area contributed by atoms with Gasteiger partial charge < -0.3 is 15.4 Å². The zero-order valence-electron chi connectivity index (χ0n) is 9.21. The van der Waals surface area contributed by atoms with Gasteiger partial charge in [0.25, 0.3) is 0 Å². The van der Waals surface area contributed by atoms with E-state index >= 15 is 0 Å². The molecule has 0 saturated carbocycles. The lowest BCUT2D eigenvalue weighted by molar-refractivity contribution is -0.128.